The summed E-state index contributed by atoms with van der Waals surface area (Å²) in [4.78, 5) is 4.34. The van der Waals surface area contributed by atoms with Crippen molar-refractivity contribution in [2.45, 2.75) is 12.4 Å². The van der Waals surface area contributed by atoms with Crippen molar-refractivity contribution in [3.63, 3.8) is 0 Å². The zero-order valence-electron chi connectivity index (χ0n) is 12.8. The molecule has 0 radical (unpaired) electrons. The molecule has 0 spiro atoms. The molecule has 9 heteroatoms. The molecule has 134 valence electrons. The summed E-state index contributed by atoms with van der Waals surface area (Å²) in [5, 5.41) is 2.83. The van der Waals surface area contributed by atoms with Gasteiger partial charge in [-0.1, -0.05) is 18.2 Å². The van der Waals surface area contributed by atoms with Gasteiger partial charge >= 0.3 is 6.36 Å². The number of fused-ring (bicyclic) bond motifs is 1. The van der Waals surface area contributed by atoms with Gasteiger partial charge in [0.25, 0.3) is 0 Å². The molecular formula is C16H15F3IN3O2. The van der Waals surface area contributed by atoms with Crippen molar-refractivity contribution in [3.8, 4) is 11.5 Å². The highest BCUT2D eigenvalue weighted by Crippen LogP contribution is 2.34. The maximum Gasteiger partial charge on any atom is 0.573 e. The van der Waals surface area contributed by atoms with Crippen LogP contribution < -0.4 is 20.5 Å². The van der Waals surface area contributed by atoms with Crippen molar-refractivity contribution < 1.29 is 22.6 Å². The predicted octanol–water partition coefficient (Wildman–Crippen LogP) is 4.06. The highest BCUT2D eigenvalue weighted by Gasteiger charge is 2.31. The summed E-state index contributed by atoms with van der Waals surface area (Å²) < 4.78 is 45.6. The third-order valence-electron chi connectivity index (χ3n) is 3.33. The van der Waals surface area contributed by atoms with Crippen molar-refractivity contribution in [1.82, 2.24) is 0 Å². The molecule has 0 amide bonds. The summed E-state index contributed by atoms with van der Waals surface area (Å²) in [6.45, 7) is 0.389. The minimum atomic E-state index is -4.72. The van der Waals surface area contributed by atoms with Crippen LogP contribution in [-0.2, 0) is 0 Å². The molecule has 1 aliphatic rings. The number of ether oxygens (including phenoxy) is 2. The molecule has 25 heavy (non-hydrogen) atoms. The topological polar surface area (TPSA) is 68.9 Å². The van der Waals surface area contributed by atoms with Gasteiger partial charge in [-0.2, -0.15) is 0 Å². The zero-order valence-corrected chi connectivity index (χ0v) is 15.1. The first-order valence-corrected chi connectivity index (χ1v) is 7.08. The lowest BCUT2D eigenvalue weighted by molar-refractivity contribution is -0.274. The van der Waals surface area contributed by atoms with Crippen LogP contribution >= 0.6 is 24.0 Å². The molecular weight excluding hydrogens is 450 g/mol. The van der Waals surface area contributed by atoms with E-state index in [0.29, 0.717) is 12.3 Å². The second kappa shape index (κ2) is 7.81. The van der Waals surface area contributed by atoms with Gasteiger partial charge in [0.1, 0.15) is 24.1 Å². The number of rotatable bonds is 3. The second-order valence-corrected chi connectivity index (χ2v) is 5.08. The Hall–Kier alpha value is -2.17. The first kappa shape index (κ1) is 19.2. The molecule has 1 heterocycles. The van der Waals surface area contributed by atoms with Crippen LogP contribution in [0.5, 0.6) is 11.5 Å². The van der Waals surface area contributed by atoms with Gasteiger partial charge in [0, 0.05) is 11.3 Å². The molecule has 3 N–H and O–H groups in total. The quantitative estimate of drug-likeness (QED) is 0.408. The number of hydrogen-bond donors (Lipinski definition) is 2. The fourth-order valence-electron chi connectivity index (χ4n) is 2.34. The molecule has 2 aromatic carbocycles. The smallest absolute Gasteiger partial charge is 0.491 e. The van der Waals surface area contributed by atoms with Crippen molar-refractivity contribution in [3.05, 3.63) is 54.1 Å². The number of nitrogens with two attached hydrogens (primary N) is 1. The average Bonchev–Trinajstić information content (AvgIpc) is 2.91. The van der Waals surface area contributed by atoms with Crippen LogP contribution in [0.3, 0.4) is 0 Å². The third kappa shape index (κ3) is 5.15. The molecule has 0 aliphatic carbocycles. The number of guanidine groups is 1. The minimum Gasteiger partial charge on any atom is -0.491 e. The van der Waals surface area contributed by atoms with E-state index < -0.39 is 6.36 Å². The Morgan fingerprint density at radius 2 is 1.84 bits per heavy atom. The van der Waals surface area contributed by atoms with Gasteiger partial charge in [0.05, 0.1) is 0 Å². The van der Waals surface area contributed by atoms with E-state index in [0.717, 1.165) is 11.3 Å². The van der Waals surface area contributed by atoms with Gasteiger partial charge in [-0.25, -0.2) is 4.99 Å². The Balaban J connectivity index is 0.00000225. The maximum absolute atomic E-state index is 12.1. The molecule has 0 bridgehead atoms. The lowest BCUT2D eigenvalue weighted by Crippen LogP contribution is -2.24. The van der Waals surface area contributed by atoms with Crippen molar-refractivity contribution in [2.24, 2.45) is 10.7 Å². The molecule has 2 aromatic rings. The SMILES string of the molecule is I.NC(=NC1COc2ccccc21)Nc1ccc(OC(F)(F)F)cc1. The fourth-order valence-corrected chi connectivity index (χ4v) is 2.34. The van der Waals surface area contributed by atoms with Gasteiger partial charge in [0.15, 0.2) is 5.96 Å². The van der Waals surface area contributed by atoms with Crippen molar-refractivity contribution >= 4 is 35.6 Å². The van der Waals surface area contributed by atoms with Crippen molar-refractivity contribution in [2.75, 3.05) is 11.9 Å². The summed E-state index contributed by atoms with van der Waals surface area (Å²) >= 11 is 0. The summed E-state index contributed by atoms with van der Waals surface area (Å²) in [6.07, 6.45) is -4.72. The Kier molecular flexibility index (Phi) is 5.98. The predicted molar refractivity (Wildman–Crippen MR) is 98.5 cm³/mol. The minimum absolute atomic E-state index is 0. The van der Waals surface area contributed by atoms with Crippen LogP contribution in [0.2, 0.25) is 0 Å². The van der Waals surface area contributed by atoms with Gasteiger partial charge in [0.2, 0.25) is 0 Å². The number of hydrogen-bond acceptors (Lipinski definition) is 3. The summed E-state index contributed by atoms with van der Waals surface area (Å²) in [5.74, 6) is 0.610. The normalized spacial score (nSPS) is 16.4. The van der Waals surface area contributed by atoms with E-state index in [4.69, 9.17) is 10.5 Å². The molecule has 0 saturated heterocycles. The number of nitrogens with one attached hydrogen (secondary N) is 1. The zero-order chi connectivity index (χ0) is 17.2. The van der Waals surface area contributed by atoms with Crippen LogP contribution in [-0.4, -0.2) is 18.9 Å². The number of aliphatic imine (C=N–C) groups is 1. The highest BCUT2D eigenvalue weighted by atomic mass is 127. The number of nitrogens with zero attached hydrogens (tertiary/aromatic N) is 1. The second-order valence-electron chi connectivity index (χ2n) is 5.08. The lowest BCUT2D eigenvalue weighted by atomic mass is 10.1. The Morgan fingerprint density at radius 1 is 1.16 bits per heavy atom. The number of alkyl halides is 3. The van der Waals surface area contributed by atoms with E-state index >= 15 is 0 Å². The molecule has 5 nitrogen and oxygen atoms in total. The Bertz CT molecular complexity index is 751. The van der Waals surface area contributed by atoms with E-state index in [1.807, 2.05) is 24.3 Å². The monoisotopic (exact) mass is 465 g/mol. The molecule has 0 fully saturated rings. The molecule has 1 unspecified atom stereocenters. The van der Waals surface area contributed by atoms with E-state index in [1.165, 1.54) is 24.3 Å². The number of para-hydroxylation sites is 1. The fraction of sp³-hybridized carbons (Fsp3) is 0.188. The maximum atomic E-state index is 12.1. The summed E-state index contributed by atoms with van der Waals surface area (Å²) in [7, 11) is 0. The Morgan fingerprint density at radius 3 is 2.52 bits per heavy atom. The van der Waals surface area contributed by atoms with Gasteiger partial charge in [-0.05, 0) is 30.3 Å². The first-order valence-electron chi connectivity index (χ1n) is 7.08. The lowest BCUT2D eigenvalue weighted by Gasteiger charge is -2.11. The van der Waals surface area contributed by atoms with E-state index in [1.54, 1.807) is 0 Å². The van der Waals surface area contributed by atoms with Crippen LogP contribution in [0, 0.1) is 0 Å². The van der Waals surface area contributed by atoms with Crippen LogP contribution in [0.1, 0.15) is 11.6 Å². The highest BCUT2D eigenvalue weighted by molar-refractivity contribution is 14.0. The molecule has 1 aliphatic heterocycles. The molecule has 0 saturated carbocycles. The summed E-state index contributed by atoms with van der Waals surface area (Å²) in [5.41, 5.74) is 7.29. The van der Waals surface area contributed by atoms with Crippen LogP contribution in [0.15, 0.2) is 53.5 Å². The van der Waals surface area contributed by atoms with E-state index in [2.05, 4.69) is 15.0 Å². The van der Waals surface area contributed by atoms with E-state index in [-0.39, 0.29) is 41.7 Å². The van der Waals surface area contributed by atoms with Gasteiger partial charge in [-0.3, -0.25) is 0 Å². The van der Waals surface area contributed by atoms with E-state index in [9.17, 15) is 13.2 Å². The summed E-state index contributed by atoms with van der Waals surface area (Å²) in [6, 6.07) is 12.5. The Labute approximate surface area is 159 Å². The number of anilines is 1. The average molecular weight is 465 g/mol. The first-order chi connectivity index (χ1) is 11.4. The van der Waals surface area contributed by atoms with Crippen LogP contribution in [0.4, 0.5) is 18.9 Å². The molecule has 1 atom stereocenters. The molecule has 3 rings (SSSR count). The largest absolute Gasteiger partial charge is 0.573 e. The standard InChI is InChI=1S/C16H14F3N3O2.HI/c17-16(18,19)24-11-7-5-10(6-8-11)21-15(20)22-13-9-23-14-4-2-1-3-12(13)14;/h1-8,13H,9H2,(H3,20,21,22);1H. The van der Waals surface area contributed by atoms with Gasteiger partial charge < -0.3 is 20.5 Å². The number of benzene rings is 2. The van der Waals surface area contributed by atoms with Crippen LogP contribution in [0.25, 0.3) is 0 Å². The molecule has 0 aromatic heterocycles. The number of halogens is 4. The third-order valence-corrected chi connectivity index (χ3v) is 3.33. The van der Waals surface area contributed by atoms with Crippen molar-refractivity contribution in [1.29, 1.82) is 0 Å². The van der Waals surface area contributed by atoms with Gasteiger partial charge in [-0.15, -0.1) is 37.1 Å².